The topological polar surface area (TPSA) is 67.4 Å². The molecule has 0 bridgehead atoms. The van der Waals surface area contributed by atoms with Crippen molar-refractivity contribution in [2.24, 2.45) is 5.92 Å². The number of aromatic nitrogens is 2. The van der Waals surface area contributed by atoms with Gasteiger partial charge in [0.1, 0.15) is 0 Å². The number of carbonyl (C=O) groups is 1. The summed E-state index contributed by atoms with van der Waals surface area (Å²) in [5, 5.41) is 3.10. The van der Waals surface area contributed by atoms with Gasteiger partial charge in [-0.1, -0.05) is 18.2 Å². The Morgan fingerprint density at radius 3 is 2.53 bits per heavy atom. The zero-order chi connectivity index (χ0) is 21.1. The Kier molecular flexibility index (Phi) is 5.84. The van der Waals surface area contributed by atoms with Crippen molar-refractivity contribution in [2.45, 2.75) is 33.6 Å². The Hall–Kier alpha value is -3.15. The van der Waals surface area contributed by atoms with Gasteiger partial charge in [0.2, 0.25) is 5.91 Å². The molecule has 2 aromatic carbocycles. The summed E-state index contributed by atoms with van der Waals surface area (Å²) in [6.07, 6.45) is 1.78. The van der Waals surface area contributed by atoms with Crippen molar-refractivity contribution < 1.29 is 9.53 Å². The van der Waals surface area contributed by atoms with Crippen LogP contribution < -0.4 is 15.0 Å². The van der Waals surface area contributed by atoms with E-state index in [0.29, 0.717) is 19.0 Å². The van der Waals surface area contributed by atoms with Gasteiger partial charge in [0.15, 0.2) is 5.82 Å². The molecule has 0 unspecified atom stereocenters. The summed E-state index contributed by atoms with van der Waals surface area (Å²) >= 11 is 0. The molecule has 0 aliphatic carbocycles. The third-order valence-corrected chi connectivity index (χ3v) is 5.38. The normalized spacial score (nSPS) is 16.5. The molecular weight excluding hydrogens is 376 g/mol. The fraction of sp³-hybridized carbons (Fsp3) is 0.375. The highest BCUT2D eigenvalue weighted by atomic mass is 16.5. The third kappa shape index (κ3) is 4.37. The molecule has 4 rings (SSSR count). The van der Waals surface area contributed by atoms with Crippen LogP contribution in [-0.2, 0) is 4.79 Å². The van der Waals surface area contributed by atoms with E-state index in [2.05, 4.69) is 21.3 Å². The van der Waals surface area contributed by atoms with E-state index in [0.717, 1.165) is 53.1 Å². The molecule has 1 aliphatic heterocycles. The first-order chi connectivity index (χ1) is 14.5. The van der Waals surface area contributed by atoms with Gasteiger partial charge >= 0.3 is 0 Å². The molecule has 0 saturated carbocycles. The van der Waals surface area contributed by atoms with Gasteiger partial charge in [0, 0.05) is 18.8 Å². The number of fused-ring (bicyclic) bond motifs is 1. The lowest BCUT2D eigenvalue weighted by molar-refractivity contribution is -0.120. The number of benzene rings is 2. The van der Waals surface area contributed by atoms with Crippen LogP contribution in [0, 0.1) is 19.8 Å². The minimum atomic E-state index is -0.109. The maximum Gasteiger partial charge on any atom is 0.258 e. The maximum absolute atomic E-state index is 13.0. The van der Waals surface area contributed by atoms with E-state index in [9.17, 15) is 4.79 Å². The molecule has 6 nitrogen and oxygen atoms in total. The second-order valence-corrected chi connectivity index (χ2v) is 7.92. The van der Waals surface area contributed by atoms with Crippen molar-refractivity contribution in [1.82, 2.24) is 9.97 Å². The fourth-order valence-corrected chi connectivity index (χ4v) is 4.09. The molecule has 3 aromatic rings. The maximum atomic E-state index is 13.0. The van der Waals surface area contributed by atoms with E-state index in [4.69, 9.17) is 9.72 Å². The Morgan fingerprint density at radius 2 is 1.83 bits per heavy atom. The first-order valence-electron chi connectivity index (χ1n) is 10.6. The number of anilines is 2. The van der Waals surface area contributed by atoms with E-state index < -0.39 is 0 Å². The lowest BCUT2D eigenvalue weighted by atomic mass is 9.97. The van der Waals surface area contributed by atoms with Gasteiger partial charge in [-0.2, -0.15) is 0 Å². The average Bonchev–Trinajstić information content (AvgIpc) is 2.73. The number of nitrogens with one attached hydrogen (secondary N) is 1. The van der Waals surface area contributed by atoms with E-state index in [-0.39, 0.29) is 11.8 Å². The van der Waals surface area contributed by atoms with Crippen molar-refractivity contribution in [2.75, 3.05) is 29.9 Å². The quantitative estimate of drug-likeness (QED) is 0.678. The Balaban J connectivity index is 1.56. The van der Waals surface area contributed by atoms with Crippen LogP contribution in [0.2, 0.25) is 0 Å². The summed E-state index contributed by atoms with van der Waals surface area (Å²) in [5.74, 6) is 1.20. The summed E-state index contributed by atoms with van der Waals surface area (Å²) < 4.78 is 5.80. The highest BCUT2D eigenvalue weighted by Crippen LogP contribution is 2.31. The van der Waals surface area contributed by atoms with Gasteiger partial charge in [-0.15, -0.1) is 0 Å². The van der Waals surface area contributed by atoms with Crippen molar-refractivity contribution in [3.05, 3.63) is 53.6 Å². The molecule has 1 saturated heterocycles. The van der Waals surface area contributed by atoms with Gasteiger partial charge < -0.3 is 15.0 Å². The van der Waals surface area contributed by atoms with Crippen molar-refractivity contribution in [3.8, 4) is 5.88 Å². The molecule has 1 aliphatic rings. The SMILES string of the molecule is CCOc1nc2ccccc2nc1N1CCC[C@H](C(=O)Nc2cc(C)cc(C)c2)C1. The lowest BCUT2D eigenvalue weighted by Gasteiger charge is -2.33. The first kappa shape index (κ1) is 20.1. The number of rotatable bonds is 5. The van der Waals surface area contributed by atoms with Crippen LogP contribution in [0.25, 0.3) is 11.0 Å². The van der Waals surface area contributed by atoms with E-state index >= 15 is 0 Å². The number of ether oxygens (including phenoxy) is 1. The van der Waals surface area contributed by atoms with Crippen LogP contribution in [0.3, 0.4) is 0 Å². The predicted octanol–water partition coefficient (Wildman–Crippen LogP) is 4.50. The largest absolute Gasteiger partial charge is 0.475 e. The summed E-state index contributed by atoms with van der Waals surface area (Å²) in [6, 6.07) is 13.9. The average molecular weight is 405 g/mol. The molecule has 1 amide bonds. The number of hydrogen-bond donors (Lipinski definition) is 1. The number of carbonyl (C=O) groups excluding carboxylic acids is 1. The summed E-state index contributed by atoms with van der Waals surface area (Å²) in [7, 11) is 0. The van der Waals surface area contributed by atoms with Crippen LogP contribution in [0.15, 0.2) is 42.5 Å². The van der Waals surface area contributed by atoms with Gasteiger partial charge in [0.25, 0.3) is 5.88 Å². The molecule has 0 radical (unpaired) electrons. The van der Waals surface area contributed by atoms with Gasteiger partial charge in [-0.3, -0.25) is 4.79 Å². The minimum absolute atomic E-state index is 0.0522. The molecule has 2 heterocycles. The Labute approximate surface area is 177 Å². The molecule has 156 valence electrons. The Bertz CT molecular complexity index is 1050. The summed E-state index contributed by atoms with van der Waals surface area (Å²) in [6.45, 7) is 7.98. The van der Waals surface area contributed by atoms with Crippen molar-refractivity contribution >= 4 is 28.4 Å². The van der Waals surface area contributed by atoms with Crippen LogP contribution in [0.5, 0.6) is 5.88 Å². The number of amides is 1. The van der Waals surface area contributed by atoms with Crippen molar-refractivity contribution in [3.63, 3.8) is 0 Å². The standard InChI is InChI=1S/C24H28N4O2/c1-4-30-24-22(26-20-9-5-6-10-21(20)27-24)28-11-7-8-18(15-28)23(29)25-19-13-16(2)12-17(3)14-19/h5-6,9-10,12-14,18H,4,7-8,11,15H2,1-3H3,(H,25,29)/t18-/m0/s1. The Morgan fingerprint density at radius 1 is 1.13 bits per heavy atom. The first-order valence-corrected chi connectivity index (χ1v) is 10.6. The molecule has 1 N–H and O–H groups in total. The predicted molar refractivity (Wildman–Crippen MR) is 120 cm³/mol. The number of piperidine rings is 1. The van der Waals surface area contributed by atoms with Crippen LogP contribution in [0.1, 0.15) is 30.9 Å². The summed E-state index contributed by atoms with van der Waals surface area (Å²) in [4.78, 5) is 24.6. The molecule has 6 heteroatoms. The molecule has 1 fully saturated rings. The summed E-state index contributed by atoms with van der Waals surface area (Å²) in [5.41, 5.74) is 4.78. The number of hydrogen-bond acceptors (Lipinski definition) is 5. The minimum Gasteiger partial charge on any atom is -0.475 e. The number of para-hydroxylation sites is 2. The highest BCUT2D eigenvalue weighted by molar-refractivity contribution is 5.93. The zero-order valence-electron chi connectivity index (χ0n) is 17.8. The number of aryl methyl sites for hydroxylation is 2. The van der Waals surface area contributed by atoms with Crippen LogP contribution in [-0.4, -0.2) is 35.6 Å². The van der Waals surface area contributed by atoms with Gasteiger partial charge in [-0.25, -0.2) is 9.97 Å². The van der Waals surface area contributed by atoms with Crippen LogP contribution in [0.4, 0.5) is 11.5 Å². The zero-order valence-corrected chi connectivity index (χ0v) is 17.8. The molecule has 1 aromatic heterocycles. The van der Waals surface area contributed by atoms with Gasteiger partial charge in [0.05, 0.1) is 23.6 Å². The highest BCUT2D eigenvalue weighted by Gasteiger charge is 2.29. The smallest absolute Gasteiger partial charge is 0.258 e. The van der Waals surface area contributed by atoms with Crippen molar-refractivity contribution in [1.29, 1.82) is 0 Å². The monoisotopic (exact) mass is 404 g/mol. The van der Waals surface area contributed by atoms with Crippen LogP contribution >= 0.6 is 0 Å². The second kappa shape index (κ2) is 8.69. The number of nitrogens with zero attached hydrogens (tertiary/aromatic N) is 3. The second-order valence-electron chi connectivity index (χ2n) is 7.92. The molecular formula is C24H28N4O2. The van der Waals surface area contributed by atoms with E-state index in [1.807, 2.05) is 57.2 Å². The van der Waals surface area contributed by atoms with E-state index in [1.54, 1.807) is 0 Å². The molecule has 1 atom stereocenters. The molecule has 30 heavy (non-hydrogen) atoms. The third-order valence-electron chi connectivity index (χ3n) is 5.38. The lowest BCUT2D eigenvalue weighted by Crippen LogP contribution is -2.41. The van der Waals surface area contributed by atoms with E-state index in [1.165, 1.54) is 0 Å². The fourth-order valence-electron chi connectivity index (χ4n) is 4.09. The van der Waals surface area contributed by atoms with Gasteiger partial charge in [-0.05, 0) is 69.0 Å². The molecule has 0 spiro atoms.